The Labute approximate surface area is 243 Å². The summed E-state index contributed by atoms with van der Waals surface area (Å²) in [4.78, 5) is 42.6. The molecule has 0 spiro atoms. The number of amides is 2. The van der Waals surface area contributed by atoms with Crippen molar-refractivity contribution >= 4 is 17.8 Å². The van der Waals surface area contributed by atoms with Gasteiger partial charge in [0.1, 0.15) is 6.04 Å². The molecule has 1 heterocycles. The minimum atomic E-state index is -1.03. The molecule has 0 radical (unpaired) electrons. The van der Waals surface area contributed by atoms with Crippen molar-refractivity contribution < 1.29 is 19.5 Å². The van der Waals surface area contributed by atoms with Crippen LogP contribution in [-0.2, 0) is 20.8 Å². The van der Waals surface area contributed by atoms with Gasteiger partial charge in [-0.1, -0.05) is 75.4 Å². The molecule has 218 valence electrons. The van der Waals surface area contributed by atoms with Crippen LogP contribution in [0.2, 0.25) is 0 Å². The monoisotopic (exact) mass is 557 g/mol. The molecule has 3 N–H and O–H groups in total. The van der Waals surface area contributed by atoms with Gasteiger partial charge >= 0.3 is 5.97 Å². The fraction of sp³-hybridized carbons (Fsp3) is 0.412. The second-order valence-corrected chi connectivity index (χ2v) is 11.5. The largest absolute Gasteiger partial charge is 0.481 e. The summed E-state index contributed by atoms with van der Waals surface area (Å²) >= 11 is 0. The molecule has 0 aliphatic rings. The Kier molecular flexibility index (Phi) is 11.2. The first-order valence-electron chi connectivity index (χ1n) is 14.4. The van der Waals surface area contributed by atoms with Crippen LogP contribution in [0, 0.1) is 18.3 Å². The summed E-state index contributed by atoms with van der Waals surface area (Å²) < 4.78 is 0. The van der Waals surface area contributed by atoms with Crippen LogP contribution in [0.25, 0.3) is 11.1 Å². The minimum absolute atomic E-state index is 0.287. The van der Waals surface area contributed by atoms with Gasteiger partial charge in [-0.3, -0.25) is 19.4 Å². The molecule has 7 heteroatoms. The third kappa shape index (κ3) is 9.00. The van der Waals surface area contributed by atoms with Crippen LogP contribution in [-0.4, -0.2) is 33.9 Å². The number of nitrogens with zero attached hydrogens (tertiary/aromatic N) is 1. The van der Waals surface area contributed by atoms with Crippen molar-refractivity contribution in [3.05, 3.63) is 89.7 Å². The van der Waals surface area contributed by atoms with Crippen molar-refractivity contribution in [1.82, 2.24) is 15.6 Å². The topological polar surface area (TPSA) is 108 Å². The van der Waals surface area contributed by atoms with Crippen molar-refractivity contribution in [1.29, 1.82) is 0 Å². The van der Waals surface area contributed by atoms with Gasteiger partial charge in [0.25, 0.3) is 0 Å². The van der Waals surface area contributed by atoms with Gasteiger partial charge in [-0.05, 0) is 78.8 Å². The van der Waals surface area contributed by atoms with Gasteiger partial charge in [0.2, 0.25) is 11.8 Å². The van der Waals surface area contributed by atoms with Gasteiger partial charge in [-0.15, -0.1) is 0 Å². The van der Waals surface area contributed by atoms with Crippen LogP contribution < -0.4 is 10.6 Å². The molecule has 0 fully saturated rings. The molecular weight excluding hydrogens is 514 g/mol. The summed E-state index contributed by atoms with van der Waals surface area (Å²) in [6, 6.07) is 19.2. The Morgan fingerprint density at radius 2 is 1.71 bits per heavy atom. The van der Waals surface area contributed by atoms with E-state index in [4.69, 9.17) is 0 Å². The maximum absolute atomic E-state index is 13.4. The average molecular weight is 558 g/mol. The Morgan fingerprint density at radius 1 is 0.976 bits per heavy atom. The number of rotatable bonds is 14. The molecule has 3 aromatic rings. The zero-order chi connectivity index (χ0) is 30.0. The van der Waals surface area contributed by atoms with Crippen LogP contribution in [0.3, 0.4) is 0 Å². The predicted octanol–water partition coefficient (Wildman–Crippen LogP) is 6.27. The number of aryl methyl sites for hydroxylation is 2. The summed E-state index contributed by atoms with van der Waals surface area (Å²) in [6.45, 7) is 9.78. The van der Waals surface area contributed by atoms with Crippen LogP contribution >= 0.6 is 0 Å². The van der Waals surface area contributed by atoms with E-state index in [2.05, 4.69) is 52.9 Å². The number of aliphatic carboxylic acids is 1. The number of pyridine rings is 1. The van der Waals surface area contributed by atoms with E-state index in [9.17, 15) is 19.5 Å². The van der Waals surface area contributed by atoms with Gasteiger partial charge in [0.15, 0.2) is 0 Å². The summed E-state index contributed by atoms with van der Waals surface area (Å²) in [5, 5.41) is 15.5. The van der Waals surface area contributed by atoms with Crippen molar-refractivity contribution in [2.24, 2.45) is 11.3 Å². The van der Waals surface area contributed by atoms with Gasteiger partial charge in [0, 0.05) is 18.3 Å². The van der Waals surface area contributed by atoms with Gasteiger partial charge in [-0.25, -0.2) is 0 Å². The van der Waals surface area contributed by atoms with Crippen molar-refractivity contribution in [2.75, 3.05) is 0 Å². The zero-order valence-electron chi connectivity index (χ0n) is 24.8. The highest BCUT2D eigenvalue weighted by molar-refractivity contribution is 5.90. The number of benzene rings is 2. The summed E-state index contributed by atoms with van der Waals surface area (Å²) in [6.07, 6.45) is 5.52. The highest BCUT2D eigenvalue weighted by atomic mass is 16.4. The summed E-state index contributed by atoms with van der Waals surface area (Å²) in [5.74, 6) is -2.48. The Bertz CT molecular complexity index is 1310. The molecule has 0 bridgehead atoms. The number of nitrogens with one attached hydrogen (secondary N) is 2. The standard InChI is InChI=1S/C34H43N3O4/c1-6-34(4,5)31(33(41)36-24(3)28-16-11-19-35-22-28)37-32(40)27(21-30(38)39)15-10-12-25-17-18-29(23(2)20-25)26-13-8-7-9-14-26/h7-9,11,13-14,16-20,22,24,27,31H,6,10,12,15,21H2,1-5H3,(H,36,41)(H,37,40)(H,38,39)/t24-,27-,31-/m1/s1. The van der Waals surface area contributed by atoms with Crippen molar-refractivity contribution in [3.8, 4) is 11.1 Å². The summed E-state index contributed by atoms with van der Waals surface area (Å²) in [5.41, 5.74) is 4.97. The maximum Gasteiger partial charge on any atom is 0.304 e. The lowest BCUT2D eigenvalue weighted by Gasteiger charge is -2.34. The molecule has 0 saturated carbocycles. The molecule has 1 aromatic heterocycles. The first kappa shape index (κ1) is 31.5. The molecular formula is C34H43N3O4. The quantitative estimate of drug-likeness (QED) is 0.217. The zero-order valence-corrected chi connectivity index (χ0v) is 24.8. The number of carbonyl (C=O) groups excluding carboxylic acids is 2. The lowest BCUT2D eigenvalue weighted by atomic mass is 9.80. The Balaban J connectivity index is 1.67. The number of carboxylic acids is 1. The Hall–Kier alpha value is -4.00. The SMILES string of the molecule is CCC(C)(C)[C@H](NC(=O)[C@H](CCCc1ccc(-c2ccccc2)c(C)c1)CC(=O)O)C(=O)N[C@H](C)c1cccnc1. The second kappa shape index (κ2) is 14.6. The third-order valence-electron chi connectivity index (χ3n) is 7.97. The first-order chi connectivity index (χ1) is 19.5. The molecule has 0 aliphatic carbocycles. The van der Waals surface area contributed by atoms with Crippen LogP contribution in [0.5, 0.6) is 0 Å². The molecule has 0 saturated heterocycles. The van der Waals surface area contributed by atoms with Gasteiger partial charge in [-0.2, -0.15) is 0 Å². The number of aromatic nitrogens is 1. The predicted molar refractivity (Wildman–Crippen MR) is 162 cm³/mol. The molecule has 41 heavy (non-hydrogen) atoms. The van der Waals surface area contributed by atoms with Crippen LogP contribution in [0.15, 0.2) is 73.1 Å². The fourth-order valence-electron chi connectivity index (χ4n) is 5.00. The van der Waals surface area contributed by atoms with Gasteiger partial charge in [0.05, 0.1) is 12.5 Å². The number of hydrogen-bond donors (Lipinski definition) is 3. The maximum atomic E-state index is 13.4. The number of carbonyl (C=O) groups is 3. The van der Waals surface area contributed by atoms with E-state index in [0.29, 0.717) is 19.3 Å². The molecule has 7 nitrogen and oxygen atoms in total. The molecule has 2 aromatic carbocycles. The van der Waals surface area contributed by atoms with E-state index in [0.717, 1.165) is 23.1 Å². The van der Waals surface area contributed by atoms with Crippen molar-refractivity contribution in [3.63, 3.8) is 0 Å². The highest BCUT2D eigenvalue weighted by Gasteiger charge is 2.37. The van der Waals surface area contributed by atoms with Crippen LogP contribution in [0.4, 0.5) is 0 Å². The van der Waals surface area contributed by atoms with E-state index < -0.39 is 29.3 Å². The summed E-state index contributed by atoms with van der Waals surface area (Å²) in [7, 11) is 0. The lowest BCUT2D eigenvalue weighted by molar-refractivity contribution is -0.142. The number of carboxylic acid groups (broad SMARTS) is 1. The fourth-order valence-corrected chi connectivity index (χ4v) is 5.00. The molecule has 0 aliphatic heterocycles. The van der Waals surface area contributed by atoms with Crippen molar-refractivity contribution in [2.45, 2.75) is 78.8 Å². The Morgan fingerprint density at radius 3 is 2.32 bits per heavy atom. The smallest absolute Gasteiger partial charge is 0.304 e. The minimum Gasteiger partial charge on any atom is -0.481 e. The first-order valence-corrected chi connectivity index (χ1v) is 14.4. The molecule has 3 rings (SSSR count). The van der Waals surface area contributed by atoms with E-state index in [1.165, 1.54) is 11.1 Å². The molecule has 2 amide bonds. The van der Waals surface area contributed by atoms with E-state index in [-0.39, 0.29) is 18.4 Å². The van der Waals surface area contributed by atoms with Crippen LogP contribution in [0.1, 0.15) is 76.1 Å². The van der Waals surface area contributed by atoms with E-state index in [1.54, 1.807) is 12.4 Å². The number of hydrogen-bond acceptors (Lipinski definition) is 4. The average Bonchev–Trinajstić information content (AvgIpc) is 2.95. The normalized spacial score (nSPS) is 13.6. The van der Waals surface area contributed by atoms with E-state index in [1.807, 2.05) is 58.0 Å². The third-order valence-corrected chi connectivity index (χ3v) is 7.97. The van der Waals surface area contributed by atoms with E-state index >= 15 is 0 Å². The molecule has 3 atom stereocenters. The highest BCUT2D eigenvalue weighted by Crippen LogP contribution is 2.28. The molecule has 0 unspecified atom stereocenters. The second-order valence-electron chi connectivity index (χ2n) is 11.5. The van der Waals surface area contributed by atoms with Gasteiger partial charge < -0.3 is 15.7 Å². The lowest BCUT2D eigenvalue weighted by Crippen LogP contribution is -2.55.